The first-order chi connectivity index (χ1) is 12.5. The van der Waals surface area contributed by atoms with Gasteiger partial charge in [-0.2, -0.15) is 0 Å². The van der Waals surface area contributed by atoms with Crippen LogP contribution in [0.1, 0.15) is 24.2 Å². The maximum Gasteiger partial charge on any atom is 0.205 e. The molecule has 3 heterocycles. The minimum absolute atomic E-state index is 0.0260. The molecule has 0 amide bonds. The SMILES string of the molecule is C[C@@H]1CN(c2c(C=O)cc3c(-c4cn(C)cn4)noc3c2F)C[C@H](C)O1. The lowest BCUT2D eigenvalue weighted by Gasteiger charge is -2.37. The predicted octanol–water partition coefficient (Wildman–Crippen LogP) is 2.79. The number of rotatable bonds is 3. The maximum absolute atomic E-state index is 15.3. The van der Waals surface area contributed by atoms with Gasteiger partial charge in [0.25, 0.3) is 0 Å². The Morgan fingerprint density at radius 2 is 2.04 bits per heavy atom. The molecule has 0 radical (unpaired) electrons. The molecule has 1 fully saturated rings. The summed E-state index contributed by atoms with van der Waals surface area (Å²) in [5, 5.41) is 4.41. The first-order valence-corrected chi connectivity index (χ1v) is 8.43. The summed E-state index contributed by atoms with van der Waals surface area (Å²) in [6.45, 7) is 4.84. The number of halogens is 1. The normalized spacial score (nSPS) is 20.7. The number of aryl methyl sites for hydroxylation is 1. The molecule has 4 rings (SSSR count). The van der Waals surface area contributed by atoms with E-state index in [-0.39, 0.29) is 29.0 Å². The highest BCUT2D eigenvalue weighted by molar-refractivity contribution is 5.99. The number of imidazole rings is 1. The minimum atomic E-state index is -0.583. The van der Waals surface area contributed by atoms with Crippen molar-refractivity contribution in [2.75, 3.05) is 18.0 Å². The maximum atomic E-state index is 15.3. The summed E-state index contributed by atoms with van der Waals surface area (Å²) in [6, 6.07) is 1.62. The predicted molar refractivity (Wildman–Crippen MR) is 93.8 cm³/mol. The fourth-order valence-electron chi connectivity index (χ4n) is 3.54. The largest absolute Gasteiger partial charge is 0.372 e. The van der Waals surface area contributed by atoms with Crippen LogP contribution in [0.4, 0.5) is 10.1 Å². The van der Waals surface area contributed by atoms with Gasteiger partial charge in [-0.25, -0.2) is 9.37 Å². The second-order valence-corrected chi connectivity index (χ2v) is 6.74. The summed E-state index contributed by atoms with van der Waals surface area (Å²) in [7, 11) is 1.83. The van der Waals surface area contributed by atoms with Crippen LogP contribution in [0.25, 0.3) is 22.4 Å². The minimum Gasteiger partial charge on any atom is -0.372 e. The number of benzene rings is 1. The molecule has 1 saturated heterocycles. The molecule has 1 aliphatic heterocycles. The molecule has 2 atom stereocenters. The highest BCUT2D eigenvalue weighted by Crippen LogP contribution is 2.36. The van der Waals surface area contributed by atoms with E-state index in [1.165, 1.54) is 0 Å². The third-order valence-corrected chi connectivity index (χ3v) is 4.52. The van der Waals surface area contributed by atoms with E-state index < -0.39 is 5.82 Å². The first kappa shape index (κ1) is 16.7. The Labute approximate surface area is 149 Å². The van der Waals surface area contributed by atoms with E-state index in [0.29, 0.717) is 36.1 Å². The van der Waals surface area contributed by atoms with Gasteiger partial charge >= 0.3 is 0 Å². The molecule has 0 unspecified atom stereocenters. The van der Waals surface area contributed by atoms with Crippen LogP contribution in [0.5, 0.6) is 0 Å². The molecule has 0 bridgehead atoms. The van der Waals surface area contributed by atoms with Gasteiger partial charge in [0, 0.05) is 31.9 Å². The van der Waals surface area contributed by atoms with Crippen LogP contribution >= 0.6 is 0 Å². The van der Waals surface area contributed by atoms with Gasteiger partial charge in [0.05, 0.1) is 29.6 Å². The molecule has 0 saturated carbocycles. The van der Waals surface area contributed by atoms with Gasteiger partial charge in [0.1, 0.15) is 11.4 Å². The highest BCUT2D eigenvalue weighted by Gasteiger charge is 2.29. The average Bonchev–Trinajstić information content (AvgIpc) is 3.19. The zero-order valence-electron chi connectivity index (χ0n) is 14.8. The molecule has 3 aromatic rings. The van der Waals surface area contributed by atoms with Gasteiger partial charge in [-0.05, 0) is 19.9 Å². The van der Waals surface area contributed by atoms with Crippen LogP contribution in [0.2, 0.25) is 0 Å². The van der Waals surface area contributed by atoms with Crippen molar-refractivity contribution >= 4 is 22.9 Å². The van der Waals surface area contributed by atoms with Gasteiger partial charge in [-0.1, -0.05) is 5.16 Å². The van der Waals surface area contributed by atoms with Crippen LogP contribution in [0.3, 0.4) is 0 Å². The molecule has 2 aromatic heterocycles. The van der Waals surface area contributed by atoms with Crippen molar-refractivity contribution in [3.8, 4) is 11.4 Å². The molecule has 0 aliphatic carbocycles. The summed E-state index contributed by atoms with van der Waals surface area (Å²) in [5.74, 6) is -0.583. The van der Waals surface area contributed by atoms with Crippen LogP contribution in [0, 0.1) is 5.82 Å². The van der Waals surface area contributed by atoms with Gasteiger partial charge in [0.2, 0.25) is 5.58 Å². The Morgan fingerprint density at radius 3 is 2.65 bits per heavy atom. The summed E-state index contributed by atoms with van der Waals surface area (Å²) < 4.78 is 28.0. The van der Waals surface area contributed by atoms with Gasteiger partial charge in [0.15, 0.2) is 12.1 Å². The number of ether oxygens (including phenoxy) is 1. The van der Waals surface area contributed by atoms with E-state index in [0.717, 1.165) is 0 Å². The van der Waals surface area contributed by atoms with Crippen LogP contribution < -0.4 is 4.90 Å². The third kappa shape index (κ3) is 2.66. The molecular weight excluding hydrogens is 339 g/mol. The quantitative estimate of drug-likeness (QED) is 0.671. The van der Waals surface area contributed by atoms with Crippen molar-refractivity contribution in [1.82, 2.24) is 14.7 Å². The monoisotopic (exact) mass is 358 g/mol. The number of carbonyl (C=O) groups is 1. The zero-order chi connectivity index (χ0) is 18.4. The second-order valence-electron chi connectivity index (χ2n) is 6.74. The van der Waals surface area contributed by atoms with Crippen LogP contribution in [0.15, 0.2) is 23.1 Å². The summed E-state index contributed by atoms with van der Waals surface area (Å²) >= 11 is 0. The molecule has 1 aromatic carbocycles. The number of hydrogen-bond donors (Lipinski definition) is 0. The highest BCUT2D eigenvalue weighted by atomic mass is 19.1. The number of morpholine rings is 1. The zero-order valence-corrected chi connectivity index (χ0v) is 14.8. The number of aldehydes is 1. The smallest absolute Gasteiger partial charge is 0.205 e. The lowest BCUT2D eigenvalue weighted by atomic mass is 10.0. The molecule has 136 valence electrons. The van der Waals surface area contributed by atoms with Crippen LogP contribution in [-0.4, -0.2) is 46.3 Å². The molecule has 0 spiro atoms. The van der Waals surface area contributed by atoms with E-state index in [1.807, 2.05) is 25.8 Å². The van der Waals surface area contributed by atoms with E-state index in [2.05, 4.69) is 10.1 Å². The number of fused-ring (bicyclic) bond motifs is 1. The second kappa shape index (κ2) is 6.21. The van der Waals surface area contributed by atoms with Crippen LogP contribution in [-0.2, 0) is 11.8 Å². The van der Waals surface area contributed by atoms with Crippen molar-refractivity contribution in [1.29, 1.82) is 0 Å². The van der Waals surface area contributed by atoms with Gasteiger partial charge < -0.3 is 18.7 Å². The van der Waals surface area contributed by atoms with Crippen molar-refractivity contribution < 1.29 is 18.4 Å². The van der Waals surface area contributed by atoms with Crippen molar-refractivity contribution in [2.24, 2.45) is 7.05 Å². The first-order valence-electron chi connectivity index (χ1n) is 8.43. The van der Waals surface area contributed by atoms with E-state index in [4.69, 9.17) is 9.26 Å². The Hall–Kier alpha value is -2.74. The number of carbonyl (C=O) groups excluding carboxylic acids is 1. The van der Waals surface area contributed by atoms with Crippen molar-refractivity contribution in [2.45, 2.75) is 26.1 Å². The Balaban J connectivity index is 1.87. The van der Waals surface area contributed by atoms with E-state index in [1.54, 1.807) is 23.2 Å². The Bertz CT molecular complexity index is 970. The average molecular weight is 358 g/mol. The third-order valence-electron chi connectivity index (χ3n) is 4.52. The number of nitrogens with zero attached hydrogens (tertiary/aromatic N) is 4. The molecule has 1 aliphatic rings. The Morgan fingerprint density at radius 1 is 1.31 bits per heavy atom. The topological polar surface area (TPSA) is 73.4 Å². The summed E-state index contributed by atoms with van der Waals surface area (Å²) in [5.41, 5.74) is 1.50. The fraction of sp³-hybridized carbons (Fsp3) is 0.389. The standard InChI is InChI=1S/C18H19FN4O3/c1-10-5-23(6-11(2)25-10)17-12(8-24)4-13-16(14-7-22(3)9-20-14)21-26-18(13)15(17)19/h4,7-11H,5-6H2,1-3H3/t10-,11+. The summed E-state index contributed by atoms with van der Waals surface area (Å²) in [4.78, 5) is 17.8. The molecule has 8 heteroatoms. The lowest BCUT2D eigenvalue weighted by Crippen LogP contribution is -2.46. The van der Waals surface area contributed by atoms with Gasteiger partial charge in [-0.3, -0.25) is 4.79 Å². The summed E-state index contributed by atoms with van der Waals surface area (Å²) in [6.07, 6.45) is 3.92. The Kier molecular flexibility index (Phi) is 3.99. The molecule has 26 heavy (non-hydrogen) atoms. The van der Waals surface area contributed by atoms with Crippen molar-refractivity contribution in [3.63, 3.8) is 0 Å². The number of hydrogen-bond acceptors (Lipinski definition) is 6. The van der Waals surface area contributed by atoms with E-state index >= 15 is 4.39 Å². The van der Waals surface area contributed by atoms with Crippen molar-refractivity contribution in [3.05, 3.63) is 30.0 Å². The molecule has 0 N–H and O–H groups in total. The lowest BCUT2D eigenvalue weighted by molar-refractivity contribution is -0.00543. The molecular formula is C18H19FN4O3. The fourth-order valence-corrected chi connectivity index (χ4v) is 3.54. The number of anilines is 1. The van der Waals surface area contributed by atoms with E-state index in [9.17, 15) is 4.79 Å². The number of aromatic nitrogens is 3. The van der Waals surface area contributed by atoms with Gasteiger partial charge in [-0.15, -0.1) is 0 Å². The molecule has 7 nitrogen and oxygen atoms in total.